The van der Waals surface area contributed by atoms with E-state index in [4.69, 9.17) is 0 Å². The standard InChI is InChI=1S/C13H10BrNO/c14-12-6-2-1-4-10(12)8-13(16)11-5-3-7-15-9-11/h1-7,9H,8H2. The molecule has 1 aromatic heterocycles. The van der Waals surface area contributed by atoms with Gasteiger partial charge in [-0.3, -0.25) is 9.78 Å². The normalized spacial score (nSPS) is 10.1. The summed E-state index contributed by atoms with van der Waals surface area (Å²) in [6, 6.07) is 11.3. The van der Waals surface area contributed by atoms with Gasteiger partial charge >= 0.3 is 0 Å². The Bertz CT molecular complexity index is 496. The Morgan fingerprint density at radius 2 is 2.00 bits per heavy atom. The fraction of sp³-hybridized carbons (Fsp3) is 0.0769. The number of nitrogens with zero attached hydrogens (tertiary/aromatic N) is 1. The molecule has 3 heteroatoms. The van der Waals surface area contributed by atoms with Crippen LogP contribution in [0.3, 0.4) is 0 Å². The lowest BCUT2D eigenvalue weighted by Crippen LogP contribution is -2.04. The van der Waals surface area contributed by atoms with Crippen LogP contribution in [0.15, 0.2) is 53.3 Å². The number of rotatable bonds is 3. The molecule has 2 aromatic rings. The maximum absolute atomic E-state index is 11.9. The van der Waals surface area contributed by atoms with Gasteiger partial charge in [-0.2, -0.15) is 0 Å². The molecule has 0 bridgehead atoms. The highest BCUT2D eigenvalue weighted by molar-refractivity contribution is 9.10. The highest BCUT2D eigenvalue weighted by Gasteiger charge is 2.08. The van der Waals surface area contributed by atoms with Crippen molar-refractivity contribution in [2.45, 2.75) is 6.42 Å². The van der Waals surface area contributed by atoms with Crippen LogP contribution in [0.25, 0.3) is 0 Å². The second kappa shape index (κ2) is 5.03. The van der Waals surface area contributed by atoms with E-state index in [1.54, 1.807) is 24.5 Å². The maximum atomic E-state index is 11.9. The lowest BCUT2D eigenvalue weighted by atomic mass is 10.0. The molecule has 0 aliphatic carbocycles. The Morgan fingerprint density at radius 3 is 2.69 bits per heavy atom. The summed E-state index contributed by atoms with van der Waals surface area (Å²) in [7, 11) is 0. The van der Waals surface area contributed by atoms with Crippen LogP contribution in [0, 0.1) is 0 Å². The third kappa shape index (κ3) is 2.55. The minimum Gasteiger partial charge on any atom is -0.294 e. The number of halogens is 1. The zero-order valence-corrected chi connectivity index (χ0v) is 10.1. The van der Waals surface area contributed by atoms with Crippen molar-refractivity contribution in [3.63, 3.8) is 0 Å². The van der Waals surface area contributed by atoms with E-state index < -0.39 is 0 Å². The van der Waals surface area contributed by atoms with Gasteiger partial charge in [0.1, 0.15) is 0 Å². The van der Waals surface area contributed by atoms with E-state index >= 15 is 0 Å². The summed E-state index contributed by atoms with van der Waals surface area (Å²) in [4.78, 5) is 15.8. The zero-order valence-electron chi connectivity index (χ0n) is 8.56. The summed E-state index contributed by atoms with van der Waals surface area (Å²) in [6.07, 6.45) is 3.65. The van der Waals surface area contributed by atoms with Crippen molar-refractivity contribution in [2.24, 2.45) is 0 Å². The quantitative estimate of drug-likeness (QED) is 0.805. The molecule has 16 heavy (non-hydrogen) atoms. The smallest absolute Gasteiger partial charge is 0.168 e. The third-order valence-corrected chi connectivity index (χ3v) is 3.07. The van der Waals surface area contributed by atoms with Gasteiger partial charge in [-0.05, 0) is 23.8 Å². The van der Waals surface area contributed by atoms with E-state index in [0.29, 0.717) is 12.0 Å². The van der Waals surface area contributed by atoms with Crippen LogP contribution < -0.4 is 0 Å². The van der Waals surface area contributed by atoms with Gasteiger partial charge in [0.25, 0.3) is 0 Å². The molecular weight excluding hydrogens is 266 g/mol. The molecule has 1 heterocycles. The first-order valence-corrected chi connectivity index (χ1v) is 5.73. The van der Waals surface area contributed by atoms with E-state index in [-0.39, 0.29) is 5.78 Å². The van der Waals surface area contributed by atoms with Crippen molar-refractivity contribution in [1.29, 1.82) is 0 Å². The van der Waals surface area contributed by atoms with E-state index in [0.717, 1.165) is 10.0 Å². The van der Waals surface area contributed by atoms with Crippen LogP contribution in [0.2, 0.25) is 0 Å². The summed E-state index contributed by atoms with van der Waals surface area (Å²) in [5, 5.41) is 0. The highest BCUT2D eigenvalue weighted by Crippen LogP contribution is 2.17. The Hall–Kier alpha value is -1.48. The summed E-state index contributed by atoms with van der Waals surface area (Å²) in [6.45, 7) is 0. The zero-order chi connectivity index (χ0) is 11.4. The molecule has 0 saturated heterocycles. The summed E-state index contributed by atoms with van der Waals surface area (Å²) in [5.74, 6) is 0.0833. The molecule has 1 aromatic carbocycles. The number of carbonyl (C=O) groups is 1. The predicted molar refractivity (Wildman–Crippen MR) is 66.4 cm³/mol. The second-order valence-electron chi connectivity index (χ2n) is 3.43. The van der Waals surface area contributed by atoms with Crippen LogP contribution in [-0.4, -0.2) is 10.8 Å². The van der Waals surface area contributed by atoms with E-state index in [1.165, 1.54) is 0 Å². The number of benzene rings is 1. The Labute approximate surface area is 102 Å². The lowest BCUT2D eigenvalue weighted by molar-refractivity contribution is 0.0992. The topological polar surface area (TPSA) is 30.0 Å². The van der Waals surface area contributed by atoms with Crippen molar-refractivity contribution in [2.75, 3.05) is 0 Å². The van der Waals surface area contributed by atoms with Crippen molar-refractivity contribution < 1.29 is 4.79 Å². The molecule has 0 spiro atoms. The summed E-state index contributed by atoms with van der Waals surface area (Å²) < 4.78 is 0.965. The van der Waals surface area contributed by atoms with E-state index in [2.05, 4.69) is 20.9 Å². The first-order chi connectivity index (χ1) is 7.77. The number of hydrogen-bond acceptors (Lipinski definition) is 2. The number of ketones is 1. The van der Waals surface area contributed by atoms with Crippen LogP contribution in [0.1, 0.15) is 15.9 Å². The Kier molecular flexibility index (Phi) is 3.47. The molecule has 0 radical (unpaired) electrons. The Morgan fingerprint density at radius 1 is 1.19 bits per heavy atom. The summed E-state index contributed by atoms with van der Waals surface area (Å²) >= 11 is 3.43. The monoisotopic (exact) mass is 275 g/mol. The van der Waals surface area contributed by atoms with Gasteiger partial charge in [0.05, 0.1) is 0 Å². The predicted octanol–water partition coefficient (Wildman–Crippen LogP) is 3.27. The van der Waals surface area contributed by atoms with Crippen LogP contribution in [0.5, 0.6) is 0 Å². The number of pyridine rings is 1. The fourth-order valence-corrected chi connectivity index (χ4v) is 1.87. The fourth-order valence-electron chi connectivity index (χ4n) is 1.44. The third-order valence-electron chi connectivity index (χ3n) is 2.29. The van der Waals surface area contributed by atoms with E-state index in [1.807, 2.05) is 24.3 Å². The van der Waals surface area contributed by atoms with Crippen molar-refractivity contribution >= 4 is 21.7 Å². The number of Topliss-reactive ketones (excluding diaryl/α,β-unsaturated/α-hetero) is 1. The molecule has 0 saturated carbocycles. The van der Waals surface area contributed by atoms with Crippen LogP contribution in [0.4, 0.5) is 0 Å². The molecule has 0 N–H and O–H groups in total. The van der Waals surface area contributed by atoms with Gasteiger partial charge in [-0.1, -0.05) is 34.1 Å². The van der Waals surface area contributed by atoms with Gasteiger partial charge in [0.2, 0.25) is 0 Å². The first-order valence-electron chi connectivity index (χ1n) is 4.94. The lowest BCUT2D eigenvalue weighted by Gasteiger charge is -2.03. The van der Waals surface area contributed by atoms with Crippen LogP contribution in [-0.2, 0) is 6.42 Å². The number of carbonyl (C=O) groups excluding carboxylic acids is 1. The molecule has 0 aliphatic rings. The maximum Gasteiger partial charge on any atom is 0.168 e. The molecule has 2 nitrogen and oxygen atoms in total. The largest absolute Gasteiger partial charge is 0.294 e. The van der Waals surface area contributed by atoms with E-state index in [9.17, 15) is 4.79 Å². The molecular formula is C13H10BrNO. The van der Waals surface area contributed by atoms with Gasteiger partial charge < -0.3 is 0 Å². The van der Waals surface area contributed by atoms with Gasteiger partial charge in [-0.15, -0.1) is 0 Å². The van der Waals surface area contributed by atoms with Gasteiger partial charge in [-0.25, -0.2) is 0 Å². The molecule has 0 unspecified atom stereocenters. The molecule has 2 rings (SSSR count). The minimum absolute atomic E-state index is 0.0833. The molecule has 0 amide bonds. The highest BCUT2D eigenvalue weighted by atomic mass is 79.9. The Balaban J connectivity index is 2.18. The van der Waals surface area contributed by atoms with Gasteiger partial charge in [0, 0.05) is 28.9 Å². The molecule has 0 atom stereocenters. The van der Waals surface area contributed by atoms with Crippen molar-refractivity contribution in [1.82, 2.24) is 4.98 Å². The van der Waals surface area contributed by atoms with Crippen molar-refractivity contribution in [3.8, 4) is 0 Å². The van der Waals surface area contributed by atoms with Crippen LogP contribution >= 0.6 is 15.9 Å². The second-order valence-corrected chi connectivity index (χ2v) is 4.29. The SMILES string of the molecule is O=C(Cc1ccccc1Br)c1cccnc1. The average molecular weight is 276 g/mol. The number of aromatic nitrogens is 1. The molecule has 0 fully saturated rings. The molecule has 80 valence electrons. The van der Waals surface area contributed by atoms with Gasteiger partial charge in [0.15, 0.2) is 5.78 Å². The average Bonchev–Trinajstić information content (AvgIpc) is 2.33. The summed E-state index contributed by atoms with van der Waals surface area (Å²) in [5.41, 5.74) is 1.65. The minimum atomic E-state index is 0.0833. The molecule has 0 aliphatic heterocycles. The first kappa shape index (κ1) is 11.0. The number of hydrogen-bond donors (Lipinski definition) is 0. The van der Waals surface area contributed by atoms with Crippen molar-refractivity contribution in [3.05, 3.63) is 64.4 Å².